The molecule has 0 aliphatic carbocycles. The van der Waals surface area contributed by atoms with Crippen molar-refractivity contribution in [1.82, 2.24) is 9.88 Å². The number of carbonyl (C=O) groups is 1. The van der Waals surface area contributed by atoms with Crippen LogP contribution in [0.4, 0.5) is 13.9 Å². The molecule has 1 saturated heterocycles. The van der Waals surface area contributed by atoms with Gasteiger partial charge in [-0.2, -0.15) is 0 Å². The smallest absolute Gasteiger partial charge is 0.263 e. The molecule has 0 atom stereocenters. The van der Waals surface area contributed by atoms with Gasteiger partial charge in [-0.1, -0.05) is 22.9 Å². The van der Waals surface area contributed by atoms with Crippen LogP contribution in [0.2, 0.25) is 5.02 Å². The summed E-state index contributed by atoms with van der Waals surface area (Å²) in [5, 5.41) is 0.861. The number of amides is 1. The zero-order valence-electron chi connectivity index (χ0n) is 17.4. The van der Waals surface area contributed by atoms with Crippen molar-refractivity contribution in [2.24, 2.45) is 0 Å². The predicted octanol–water partition coefficient (Wildman–Crippen LogP) is 4.61. The second-order valence-electron chi connectivity index (χ2n) is 7.31. The Bertz CT molecular complexity index is 1120. The molecule has 0 N–H and O–H groups in total. The number of benzene rings is 2. The maximum absolute atomic E-state index is 14.4. The molecule has 3 aromatic rings. The van der Waals surface area contributed by atoms with Crippen LogP contribution in [0.3, 0.4) is 0 Å². The number of fused-ring (bicyclic) bond motifs is 1. The van der Waals surface area contributed by atoms with E-state index in [1.54, 1.807) is 12.1 Å². The quantitative estimate of drug-likeness (QED) is 0.493. The number of rotatable bonds is 7. The molecule has 0 bridgehead atoms. The number of thiazole rings is 1. The van der Waals surface area contributed by atoms with Crippen molar-refractivity contribution < 1.29 is 23.0 Å². The number of ether oxygens (including phenoxy) is 2. The number of methoxy groups -OCH3 is 1. The lowest BCUT2D eigenvalue weighted by atomic mass is 10.1. The van der Waals surface area contributed by atoms with Crippen LogP contribution < -0.4 is 9.64 Å². The highest BCUT2D eigenvalue weighted by Gasteiger charge is 2.25. The Labute approximate surface area is 193 Å². The van der Waals surface area contributed by atoms with Crippen molar-refractivity contribution in [3.05, 3.63) is 52.6 Å². The van der Waals surface area contributed by atoms with Gasteiger partial charge < -0.3 is 9.47 Å². The first kappa shape index (κ1) is 22.8. The summed E-state index contributed by atoms with van der Waals surface area (Å²) in [4.78, 5) is 21.6. The summed E-state index contributed by atoms with van der Waals surface area (Å²) in [5.74, 6) is -1.71. The van der Waals surface area contributed by atoms with Crippen LogP contribution in [0.15, 0.2) is 30.3 Å². The predicted molar refractivity (Wildman–Crippen MR) is 121 cm³/mol. The van der Waals surface area contributed by atoms with E-state index in [4.69, 9.17) is 21.1 Å². The lowest BCUT2D eigenvalue weighted by Gasteiger charge is -2.27. The van der Waals surface area contributed by atoms with Crippen molar-refractivity contribution in [3.63, 3.8) is 0 Å². The van der Waals surface area contributed by atoms with E-state index in [0.29, 0.717) is 58.4 Å². The number of nitrogens with zero attached hydrogens (tertiary/aromatic N) is 3. The van der Waals surface area contributed by atoms with E-state index in [1.807, 2.05) is 0 Å². The van der Waals surface area contributed by atoms with Crippen molar-refractivity contribution in [1.29, 1.82) is 0 Å². The first-order valence-electron chi connectivity index (χ1n) is 10.2. The van der Waals surface area contributed by atoms with Gasteiger partial charge in [-0.25, -0.2) is 13.8 Å². The van der Waals surface area contributed by atoms with E-state index < -0.39 is 17.5 Å². The fourth-order valence-electron chi connectivity index (χ4n) is 3.59. The van der Waals surface area contributed by atoms with E-state index in [0.717, 1.165) is 31.8 Å². The monoisotopic (exact) mass is 481 g/mol. The minimum atomic E-state index is -0.912. The van der Waals surface area contributed by atoms with Gasteiger partial charge in [0.1, 0.15) is 22.9 Å². The highest BCUT2D eigenvalue weighted by atomic mass is 35.5. The molecule has 0 unspecified atom stereocenters. The Kier molecular flexibility index (Phi) is 7.20. The number of hydrogen-bond donors (Lipinski definition) is 0. The molecular weight excluding hydrogens is 460 g/mol. The Morgan fingerprint density at radius 1 is 1.28 bits per heavy atom. The first-order chi connectivity index (χ1) is 15.5. The molecule has 6 nitrogen and oxygen atoms in total. The van der Waals surface area contributed by atoms with Gasteiger partial charge in [0.2, 0.25) is 0 Å². The van der Waals surface area contributed by atoms with Gasteiger partial charge in [0.15, 0.2) is 5.13 Å². The molecule has 10 heteroatoms. The fourth-order valence-corrected chi connectivity index (χ4v) is 4.87. The van der Waals surface area contributed by atoms with Gasteiger partial charge in [-0.05, 0) is 30.7 Å². The zero-order chi connectivity index (χ0) is 22.7. The lowest BCUT2D eigenvalue weighted by molar-refractivity contribution is 0.0376. The topological polar surface area (TPSA) is 54.9 Å². The number of aromatic nitrogens is 1. The van der Waals surface area contributed by atoms with E-state index >= 15 is 0 Å². The van der Waals surface area contributed by atoms with Crippen LogP contribution in [0.1, 0.15) is 16.8 Å². The zero-order valence-corrected chi connectivity index (χ0v) is 19.0. The molecule has 2 aromatic carbocycles. The van der Waals surface area contributed by atoms with E-state index in [9.17, 15) is 13.6 Å². The summed E-state index contributed by atoms with van der Waals surface area (Å²) in [5.41, 5.74) is 0.320. The number of anilines is 1. The number of hydrogen-bond acceptors (Lipinski definition) is 6. The van der Waals surface area contributed by atoms with Crippen molar-refractivity contribution in [3.8, 4) is 5.75 Å². The Hall–Kier alpha value is -2.33. The number of carbonyl (C=O) groups excluding carboxylic acids is 1. The van der Waals surface area contributed by atoms with Crippen molar-refractivity contribution >= 4 is 44.2 Å². The summed E-state index contributed by atoms with van der Waals surface area (Å²) in [6.07, 6.45) is 0.648. The average Bonchev–Trinajstić information content (AvgIpc) is 3.23. The summed E-state index contributed by atoms with van der Waals surface area (Å²) in [6.45, 7) is 4.09. The van der Waals surface area contributed by atoms with Gasteiger partial charge in [-0.15, -0.1) is 0 Å². The van der Waals surface area contributed by atoms with Gasteiger partial charge in [-0.3, -0.25) is 14.6 Å². The highest BCUT2D eigenvalue weighted by molar-refractivity contribution is 7.23. The van der Waals surface area contributed by atoms with Crippen LogP contribution >= 0.6 is 22.9 Å². The summed E-state index contributed by atoms with van der Waals surface area (Å²) in [7, 11) is 1.53. The molecular formula is C22H22ClF2N3O3S. The van der Waals surface area contributed by atoms with Crippen LogP contribution in [-0.2, 0) is 4.74 Å². The average molecular weight is 482 g/mol. The number of halogens is 3. The molecule has 0 spiro atoms. The van der Waals surface area contributed by atoms with E-state index in [2.05, 4.69) is 9.88 Å². The molecule has 2 heterocycles. The second-order valence-corrected chi connectivity index (χ2v) is 8.70. The fraction of sp³-hybridized carbons (Fsp3) is 0.364. The highest BCUT2D eigenvalue weighted by Crippen LogP contribution is 2.39. The third kappa shape index (κ3) is 4.85. The van der Waals surface area contributed by atoms with Crippen LogP contribution in [0, 0.1) is 11.6 Å². The molecule has 0 saturated carbocycles. The van der Waals surface area contributed by atoms with Gasteiger partial charge >= 0.3 is 0 Å². The van der Waals surface area contributed by atoms with E-state index in [-0.39, 0.29) is 5.56 Å². The molecule has 1 fully saturated rings. The molecule has 1 aromatic heterocycles. The summed E-state index contributed by atoms with van der Waals surface area (Å²) < 4.78 is 39.2. The van der Waals surface area contributed by atoms with Gasteiger partial charge in [0.25, 0.3) is 5.91 Å². The maximum atomic E-state index is 14.4. The summed E-state index contributed by atoms with van der Waals surface area (Å²) >= 11 is 7.57. The standard InChI is InChI=1S/C22H22ClF2N3O3S/c1-30-18-6-5-16(23)20-19(18)26-22(32-20)28(8-2-7-27-9-11-31-12-10-27)21(29)15-4-3-14(24)13-17(15)25/h3-6,13H,2,7-12H2,1H3. The maximum Gasteiger partial charge on any atom is 0.263 e. The Balaban J connectivity index is 1.65. The lowest BCUT2D eigenvalue weighted by Crippen LogP contribution is -2.39. The third-order valence-electron chi connectivity index (χ3n) is 5.26. The van der Waals surface area contributed by atoms with Crippen LogP contribution in [-0.4, -0.2) is 62.3 Å². The number of morpholine rings is 1. The van der Waals surface area contributed by atoms with Crippen LogP contribution in [0.5, 0.6) is 5.75 Å². The first-order valence-corrected chi connectivity index (χ1v) is 11.4. The molecule has 32 heavy (non-hydrogen) atoms. The van der Waals surface area contributed by atoms with Gasteiger partial charge in [0, 0.05) is 32.2 Å². The minimum Gasteiger partial charge on any atom is -0.494 e. The minimum absolute atomic E-state index is 0.213. The SMILES string of the molecule is COc1ccc(Cl)c2sc(N(CCCN3CCOCC3)C(=O)c3ccc(F)cc3F)nc12. The largest absolute Gasteiger partial charge is 0.494 e. The van der Waals surface area contributed by atoms with E-state index in [1.165, 1.54) is 23.3 Å². The Morgan fingerprint density at radius 2 is 2.06 bits per heavy atom. The van der Waals surface area contributed by atoms with Crippen molar-refractivity contribution in [2.75, 3.05) is 51.4 Å². The molecule has 170 valence electrons. The molecule has 0 radical (unpaired) electrons. The van der Waals surface area contributed by atoms with Crippen molar-refractivity contribution in [2.45, 2.75) is 6.42 Å². The molecule has 1 aliphatic rings. The Morgan fingerprint density at radius 3 is 2.78 bits per heavy atom. The molecule has 1 amide bonds. The molecule has 1 aliphatic heterocycles. The normalized spacial score (nSPS) is 14.6. The molecule has 4 rings (SSSR count). The van der Waals surface area contributed by atoms with Crippen LogP contribution in [0.25, 0.3) is 10.2 Å². The summed E-state index contributed by atoms with van der Waals surface area (Å²) in [6, 6.07) is 6.34. The third-order valence-corrected chi connectivity index (χ3v) is 6.80. The van der Waals surface area contributed by atoms with Gasteiger partial charge in [0.05, 0.1) is 35.6 Å². The second kappa shape index (κ2) is 10.1.